The zero-order valence-corrected chi connectivity index (χ0v) is 17.3. The van der Waals surface area contributed by atoms with Gasteiger partial charge in [0, 0.05) is 18.8 Å². The lowest BCUT2D eigenvalue weighted by Gasteiger charge is -2.34. The summed E-state index contributed by atoms with van der Waals surface area (Å²) in [6, 6.07) is 9.01. The van der Waals surface area contributed by atoms with E-state index in [1.54, 1.807) is 12.1 Å². The van der Waals surface area contributed by atoms with E-state index in [-0.39, 0.29) is 43.8 Å². The predicted molar refractivity (Wildman–Crippen MR) is 106 cm³/mol. The van der Waals surface area contributed by atoms with Crippen molar-refractivity contribution in [1.29, 1.82) is 0 Å². The fourth-order valence-electron chi connectivity index (χ4n) is 4.29. The first-order chi connectivity index (χ1) is 13.7. The zero-order valence-electron chi connectivity index (χ0n) is 17.3. The molecule has 158 valence electrons. The lowest BCUT2D eigenvalue weighted by Crippen LogP contribution is -2.52. The van der Waals surface area contributed by atoms with Gasteiger partial charge in [-0.3, -0.25) is 9.59 Å². The van der Waals surface area contributed by atoms with Crippen LogP contribution < -0.4 is 0 Å². The Morgan fingerprint density at radius 2 is 1.72 bits per heavy atom. The fraction of sp³-hybridized carbons (Fsp3) is 0.591. The first-order valence-electron chi connectivity index (χ1n) is 10.3. The Hall–Kier alpha value is -2.25. The van der Waals surface area contributed by atoms with Crippen LogP contribution in [0.2, 0.25) is 0 Å². The zero-order chi connectivity index (χ0) is 21.1. The van der Waals surface area contributed by atoms with Crippen LogP contribution in [-0.4, -0.2) is 66.2 Å². The number of imide groups is 1. The molecule has 7 nitrogen and oxygen atoms in total. The van der Waals surface area contributed by atoms with Crippen LogP contribution in [0.4, 0.5) is 0 Å². The Labute approximate surface area is 171 Å². The minimum atomic E-state index is -1.64. The number of aliphatic hydroxyl groups is 1. The highest BCUT2D eigenvalue weighted by molar-refractivity contribution is 6.01. The van der Waals surface area contributed by atoms with Crippen LogP contribution in [0, 0.1) is 5.92 Å². The molecule has 1 heterocycles. The topological polar surface area (TPSA) is 83.9 Å². The lowest BCUT2D eigenvalue weighted by molar-refractivity contribution is -0.897. The number of nitrogens with zero attached hydrogens (tertiary/aromatic N) is 2. The molecule has 2 aliphatic rings. The van der Waals surface area contributed by atoms with Gasteiger partial charge in [-0.25, -0.2) is 9.69 Å². The molecule has 1 aliphatic carbocycles. The SMILES string of the molecule is C[N+](C)(CCOC(=O)[C@](O)(c1ccccc1)C1CCCC1)CN1C(=O)CCC1=O. The number of quaternary nitrogens is 1. The van der Waals surface area contributed by atoms with Crippen molar-refractivity contribution in [3.63, 3.8) is 0 Å². The van der Waals surface area contributed by atoms with Crippen LogP contribution in [0.5, 0.6) is 0 Å². The summed E-state index contributed by atoms with van der Waals surface area (Å²) in [4.78, 5) is 38.0. The quantitative estimate of drug-likeness (QED) is 0.406. The van der Waals surface area contributed by atoms with Crippen molar-refractivity contribution in [3.8, 4) is 0 Å². The van der Waals surface area contributed by atoms with Gasteiger partial charge < -0.3 is 14.3 Å². The molecule has 0 aromatic heterocycles. The van der Waals surface area contributed by atoms with Crippen molar-refractivity contribution >= 4 is 17.8 Å². The molecule has 0 bridgehead atoms. The van der Waals surface area contributed by atoms with Gasteiger partial charge in [-0.1, -0.05) is 43.2 Å². The number of ether oxygens (including phenoxy) is 1. The smallest absolute Gasteiger partial charge is 0.343 e. The molecule has 1 saturated carbocycles. The number of esters is 1. The molecule has 0 unspecified atom stereocenters. The third-order valence-corrected chi connectivity index (χ3v) is 6.08. The molecule has 1 saturated heterocycles. The van der Waals surface area contributed by atoms with Gasteiger partial charge in [-0.05, 0) is 18.4 Å². The third-order valence-electron chi connectivity index (χ3n) is 6.08. The number of rotatable bonds is 8. The highest BCUT2D eigenvalue weighted by Gasteiger charge is 2.48. The van der Waals surface area contributed by atoms with E-state index in [9.17, 15) is 19.5 Å². The summed E-state index contributed by atoms with van der Waals surface area (Å²) in [6.07, 6.45) is 4.10. The van der Waals surface area contributed by atoms with Crippen LogP contribution in [0.25, 0.3) is 0 Å². The van der Waals surface area contributed by atoms with E-state index < -0.39 is 11.6 Å². The maximum atomic E-state index is 13.0. The predicted octanol–water partition coefficient (Wildman–Crippen LogP) is 1.79. The van der Waals surface area contributed by atoms with Gasteiger partial charge >= 0.3 is 5.97 Å². The number of likely N-dealkylation sites (N-methyl/N-ethyl adjacent to an activating group) is 1. The normalized spacial score (nSPS) is 20.2. The molecule has 2 amide bonds. The van der Waals surface area contributed by atoms with Gasteiger partial charge in [-0.15, -0.1) is 0 Å². The molecule has 1 aliphatic heterocycles. The Kier molecular flexibility index (Phi) is 6.39. The first kappa shape index (κ1) is 21.5. The van der Waals surface area contributed by atoms with Crippen molar-refractivity contribution in [2.24, 2.45) is 5.92 Å². The monoisotopic (exact) mass is 403 g/mol. The van der Waals surface area contributed by atoms with Gasteiger partial charge in [-0.2, -0.15) is 0 Å². The molecule has 0 spiro atoms. The average molecular weight is 403 g/mol. The summed E-state index contributed by atoms with van der Waals surface area (Å²) in [6.45, 7) is 0.781. The van der Waals surface area contributed by atoms with E-state index in [1.807, 2.05) is 32.3 Å². The minimum Gasteiger partial charge on any atom is -0.457 e. The number of amides is 2. The molecular formula is C22H31N2O5+. The van der Waals surface area contributed by atoms with Crippen molar-refractivity contribution in [2.75, 3.05) is 33.9 Å². The van der Waals surface area contributed by atoms with Gasteiger partial charge in [0.2, 0.25) is 11.8 Å². The number of hydrogen-bond donors (Lipinski definition) is 1. The molecule has 2 fully saturated rings. The maximum Gasteiger partial charge on any atom is 0.343 e. The molecular weight excluding hydrogens is 372 g/mol. The molecule has 1 aromatic rings. The van der Waals surface area contributed by atoms with E-state index in [1.165, 1.54) is 4.90 Å². The number of carbonyl (C=O) groups is 3. The Balaban J connectivity index is 1.63. The molecule has 1 atom stereocenters. The summed E-state index contributed by atoms with van der Waals surface area (Å²) in [5.74, 6) is -1.08. The second kappa shape index (κ2) is 8.63. The van der Waals surface area contributed by atoms with Crippen LogP contribution in [0.15, 0.2) is 30.3 Å². The van der Waals surface area contributed by atoms with Crippen molar-refractivity contribution < 1.29 is 28.7 Å². The van der Waals surface area contributed by atoms with Gasteiger partial charge in [0.05, 0.1) is 14.1 Å². The van der Waals surface area contributed by atoms with E-state index in [0.29, 0.717) is 16.6 Å². The van der Waals surface area contributed by atoms with E-state index in [0.717, 1.165) is 25.7 Å². The van der Waals surface area contributed by atoms with E-state index in [2.05, 4.69) is 0 Å². The van der Waals surface area contributed by atoms with Crippen LogP contribution in [0.1, 0.15) is 44.1 Å². The maximum absolute atomic E-state index is 13.0. The van der Waals surface area contributed by atoms with Gasteiger partial charge in [0.25, 0.3) is 0 Å². The molecule has 29 heavy (non-hydrogen) atoms. The van der Waals surface area contributed by atoms with E-state index >= 15 is 0 Å². The summed E-state index contributed by atoms with van der Waals surface area (Å²) in [5, 5.41) is 11.4. The fourth-order valence-corrected chi connectivity index (χ4v) is 4.29. The minimum absolute atomic E-state index is 0.101. The average Bonchev–Trinajstić information content (AvgIpc) is 3.34. The second-order valence-corrected chi connectivity index (χ2v) is 8.77. The van der Waals surface area contributed by atoms with Gasteiger partial charge in [0.15, 0.2) is 12.3 Å². The van der Waals surface area contributed by atoms with Crippen LogP contribution in [0.3, 0.4) is 0 Å². The lowest BCUT2D eigenvalue weighted by atomic mass is 9.80. The van der Waals surface area contributed by atoms with E-state index in [4.69, 9.17) is 4.74 Å². The second-order valence-electron chi connectivity index (χ2n) is 8.77. The number of carbonyl (C=O) groups excluding carboxylic acids is 3. The number of likely N-dealkylation sites (tertiary alicyclic amines) is 1. The summed E-state index contributed by atoms with van der Waals surface area (Å²) in [5.41, 5.74) is -1.07. The molecule has 7 heteroatoms. The Morgan fingerprint density at radius 3 is 2.31 bits per heavy atom. The standard InChI is InChI=1S/C22H31N2O5/c1-24(2,16-23-19(25)12-13-20(23)26)14-15-29-21(27)22(28,18-10-6-7-11-18)17-8-4-3-5-9-17/h3-5,8-9,18,28H,6-7,10-16H2,1-2H3/q+1/t22-/m0/s1. The number of hydrogen-bond acceptors (Lipinski definition) is 5. The van der Waals surface area contributed by atoms with Crippen molar-refractivity contribution in [1.82, 2.24) is 4.90 Å². The summed E-state index contributed by atoms with van der Waals surface area (Å²) >= 11 is 0. The first-order valence-corrected chi connectivity index (χ1v) is 10.3. The highest BCUT2D eigenvalue weighted by Crippen LogP contribution is 2.41. The van der Waals surface area contributed by atoms with Crippen LogP contribution in [-0.2, 0) is 24.7 Å². The van der Waals surface area contributed by atoms with Crippen LogP contribution >= 0.6 is 0 Å². The highest BCUT2D eigenvalue weighted by atomic mass is 16.5. The third kappa shape index (κ3) is 4.67. The largest absolute Gasteiger partial charge is 0.457 e. The summed E-state index contributed by atoms with van der Waals surface area (Å²) < 4.78 is 5.87. The molecule has 0 radical (unpaired) electrons. The number of benzene rings is 1. The Bertz CT molecular complexity index is 742. The Morgan fingerprint density at radius 1 is 1.14 bits per heavy atom. The van der Waals surface area contributed by atoms with Crippen molar-refractivity contribution in [3.05, 3.63) is 35.9 Å². The van der Waals surface area contributed by atoms with Crippen molar-refractivity contribution in [2.45, 2.75) is 44.1 Å². The van der Waals surface area contributed by atoms with Gasteiger partial charge in [0.1, 0.15) is 13.2 Å². The molecule has 1 aromatic carbocycles. The molecule has 1 N–H and O–H groups in total. The summed E-state index contributed by atoms with van der Waals surface area (Å²) in [7, 11) is 3.76. The molecule has 3 rings (SSSR count).